The first-order valence-electron chi connectivity index (χ1n) is 6.58. The van der Waals surface area contributed by atoms with E-state index in [1.54, 1.807) is 0 Å². The van der Waals surface area contributed by atoms with Crippen molar-refractivity contribution in [1.29, 1.82) is 0 Å². The summed E-state index contributed by atoms with van der Waals surface area (Å²) in [4.78, 5) is 12.4. The van der Waals surface area contributed by atoms with Crippen molar-refractivity contribution in [1.82, 2.24) is 0 Å². The highest BCUT2D eigenvalue weighted by molar-refractivity contribution is 7.80. The number of carbonyl (C=O) groups is 1. The fraction of sp³-hybridized carbons (Fsp3) is 0.923. The van der Waals surface area contributed by atoms with Gasteiger partial charge in [-0.2, -0.15) is 12.6 Å². The molecule has 0 aromatic rings. The van der Waals surface area contributed by atoms with Crippen molar-refractivity contribution < 1.29 is 4.79 Å². The van der Waals surface area contributed by atoms with Crippen LogP contribution in [0.1, 0.15) is 44.9 Å². The number of carbonyl (C=O) groups excluding carboxylic acids is 1. The molecule has 4 heteroatoms. The molecule has 0 saturated heterocycles. The standard InChI is InChI=1S/C13H20Cl2OS/c14-9-3-6-12(15)11(7-9)13(16)8-1-4-10(17)5-2-8/h8-12,17H,1-7H2. The minimum absolute atomic E-state index is 0.00520. The molecule has 2 aliphatic carbocycles. The molecule has 17 heavy (non-hydrogen) atoms. The lowest BCUT2D eigenvalue weighted by atomic mass is 9.76. The van der Waals surface area contributed by atoms with Crippen LogP contribution in [0.2, 0.25) is 0 Å². The average Bonchev–Trinajstić information content (AvgIpc) is 2.32. The minimum Gasteiger partial charge on any atom is -0.299 e. The Morgan fingerprint density at radius 2 is 1.65 bits per heavy atom. The molecule has 0 N–H and O–H groups in total. The molecule has 3 atom stereocenters. The van der Waals surface area contributed by atoms with Gasteiger partial charge in [-0.25, -0.2) is 0 Å². The highest BCUT2D eigenvalue weighted by Gasteiger charge is 2.37. The van der Waals surface area contributed by atoms with Crippen molar-refractivity contribution in [3.05, 3.63) is 0 Å². The van der Waals surface area contributed by atoms with E-state index in [2.05, 4.69) is 12.6 Å². The molecule has 3 unspecified atom stereocenters. The van der Waals surface area contributed by atoms with E-state index in [-0.39, 0.29) is 22.6 Å². The Hall–Kier alpha value is 0.600. The maximum Gasteiger partial charge on any atom is 0.140 e. The maximum atomic E-state index is 12.4. The zero-order valence-corrected chi connectivity index (χ0v) is 12.4. The summed E-state index contributed by atoms with van der Waals surface area (Å²) in [6.45, 7) is 0. The summed E-state index contributed by atoms with van der Waals surface area (Å²) in [6, 6.07) is 0. The van der Waals surface area contributed by atoms with Gasteiger partial charge in [-0.15, -0.1) is 23.2 Å². The number of ketones is 1. The fourth-order valence-electron chi connectivity index (χ4n) is 3.04. The summed E-state index contributed by atoms with van der Waals surface area (Å²) in [7, 11) is 0. The van der Waals surface area contributed by atoms with Crippen molar-refractivity contribution in [3.63, 3.8) is 0 Å². The Morgan fingerprint density at radius 3 is 2.29 bits per heavy atom. The van der Waals surface area contributed by atoms with Gasteiger partial charge in [-0.3, -0.25) is 4.79 Å². The topological polar surface area (TPSA) is 17.1 Å². The summed E-state index contributed by atoms with van der Waals surface area (Å²) >= 11 is 16.9. The van der Waals surface area contributed by atoms with Gasteiger partial charge >= 0.3 is 0 Å². The highest BCUT2D eigenvalue weighted by atomic mass is 35.5. The minimum atomic E-state index is -0.00520. The Bertz CT molecular complexity index is 277. The molecule has 0 spiro atoms. The van der Waals surface area contributed by atoms with Crippen LogP contribution in [0.25, 0.3) is 0 Å². The average molecular weight is 295 g/mol. The van der Waals surface area contributed by atoms with Gasteiger partial charge in [-0.05, 0) is 44.9 Å². The van der Waals surface area contributed by atoms with Crippen LogP contribution >= 0.6 is 35.8 Å². The molecule has 2 aliphatic rings. The molecule has 0 aromatic heterocycles. The normalized spacial score (nSPS) is 43.4. The molecule has 0 amide bonds. The van der Waals surface area contributed by atoms with E-state index in [1.807, 2.05) is 0 Å². The van der Waals surface area contributed by atoms with E-state index in [4.69, 9.17) is 23.2 Å². The van der Waals surface area contributed by atoms with Crippen LogP contribution in [-0.2, 0) is 4.79 Å². The van der Waals surface area contributed by atoms with Gasteiger partial charge in [0.1, 0.15) is 5.78 Å². The maximum absolute atomic E-state index is 12.4. The van der Waals surface area contributed by atoms with E-state index in [9.17, 15) is 4.79 Å². The molecule has 2 rings (SSSR count). The molecule has 0 aromatic carbocycles. The second-order valence-electron chi connectivity index (χ2n) is 5.44. The zero-order chi connectivity index (χ0) is 12.4. The molecule has 0 bridgehead atoms. The largest absolute Gasteiger partial charge is 0.299 e. The van der Waals surface area contributed by atoms with Gasteiger partial charge in [0.2, 0.25) is 0 Å². The summed E-state index contributed by atoms with van der Waals surface area (Å²) in [5.41, 5.74) is 0. The summed E-state index contributed by atoms with van der Waals surface area (Å²) in [5, 5.41) is 0.629. The van der Waals surface area contributed by atoms with E-state index >= 15 is 0 Å². The van der Waals surface area contributed by atoms with Crippen LogP contribution in [0, 0.1) is 11.8 Å². The molecule has 0 radical (unpaired) electrons. The number of alkyl halides is 2. The molecule has 0 heterocycles. The Morgan fingerprint density at radius 1 is 1.00 bits per heavy atom. The van der Waals surface area contributed by atoms with Gasteiger partial charge in [0.15, 0.2) is 0 Å². The predicted octanol–water partition coefficient (Wildman–Crippen LogP) is 4.06. The first kappa shape index (κ1) is 14.0. The lowest BCUT2D eigenvalue weighted by molar-refractivity contribution is -0.128. The quantitative estimate of drug-likeness (QED) is 0.600. The monoisotopic (exact) mass is 294 g/mol. The van der Waals surface area contributed by atoms with Crippen LogP contribution in [-0.4, -0.2) is 21.8 Å². The summed E-state index contributed by atoms with van der Waals surface area (Å²) < 4.78 is 0. The van der Waals surface area contributed by atoms with Gasteiger partial charge in [0, 0.05) is 27.8 Å². The molecular formula is C13H20Cl2OS. The van der Waals surface area contributed by atoms with Crippen molar-refractivity contribution in [2.24, 2.45) is 11.8 Å². The molecule has 1 nitrogen and oxygen atoms in total. The lowest BCUT2D eigenvalue weighted by Gasteiger charge is -2.33. The van der Waals surface area contributed by atoms with Gasteiger partial charge in [-0.1, -0.05) is 0 Å². The number of hydrogen-bond acceptors (Lipinski definition) is 2. The van der Waals surface area contributed by atoms with Crippen LogP contribution in [0.4, 0.5) is 0 Å². The highest BCUT2D eigenvalue weighted by Crippen LogP contribution is 2.37. The summed E-state index contributed by atoms with van der Waals surface area (Å²) in [5.74, 6) is 0.580. The van der Waals surface area contributed by atoms with Crippen molar-refractivity contribution in [2.45, 2.75) is 60.9 Å². The second-order valence-corrected chi connectivity index (χ2v) is 7.35. The first-order valence-corrected chi connectivity index (χ1v) is 7.96. The third-order valence-corrected chi connectivity index (χ3v) is 5.60. The molecule has 2 fully saturated rings. The van der Waals surface area contributed by atoms with Crippen LogP contribution in [0.3, 0.4) is 0 Å². The molecule has 2 saturated carbocycles. The van der Waals surface area contributed by atoms with Crippen molar-refractivity contribution in [2.75, 3.05) is 0 Å². The number of hydrogen-bond donors (Lipinski definition) is 1. The Labute approximate surface area is 119 Å². The van der Waals surface area contributed by atoms with Gasteiger partial charge < -0.3 is 0 Å². The number of thiol groups is 1. The van der Waals surface area contributed by atoms with Gasteiger partial charge in [0.25, 0.3) is 0 Å². The first-order chi connectivity index (χ1) is 8.08. The smallest absolute Gasteiger partial charge is 0.140 e. The van der Waals surface area contributed by atoms with E-state index in [1.165, 1.54) is 0 Å². The third-order valence-electron chi connectivity index (χ3n) is 4.17. The molecule has 0 aliphatic heterocycles. The predicted molar refractivity (Wildman–Crippen MR) is 76.4 cm³/mol. The zero-order valence-electron chi connectivity index (χ0n) is 9.95. The summed E-state index contributed by atoms with van der Waals surface area (Å²) in [6.07, 6.45) is 6.69. The third kappa shape index (κ3) is 3.54. The molecule has 98 valence electrons. The number of rotatable bonds is 2. The Kier molecular flexibility index (Phi) is 5.08. The number of Topliss-reactive ketones (excluding diaryl/α,β-unsaturated/α-hetero) is 1. The molecular weight excluding hydrogens is 275 g/mol. The Balaban J connectivity index is 1.94. The van der Waals surface area contributed by atoms with Crippen LogP contribution in [0.5, 0.6) is 0 Å². The SMILES string of the molecule is O=C(C1CCC(S)CC1)C1CC(Cl)CCC1Cl. The van der Waals surface area contributed by atoms with Crippen molar-refractivity contribution in [3.8, 4) is 0 Å². The fourth-order valence-corrected chi connectivity index (χ4v) is 4.01. The second kappa shape index (κ2) is 6.16. The van der Waals surface area contributed by atoms with E-state index in [0.29, 0.717) is 11.0 Å². The van der Waals surface area contributed by atoms with Crippen LogP contribution < -0.4 is 0 Å². The van der Waals surface area contributed by atoms with E-state index < -0.39 is 0 Å². The van der Waals surface area contributed by atoms with Crippen LogP contribution in [0.15, 0.2) is 0 Å². The van der Waals surface area contributed by atoms with Gasteiger partial charge in [0.05, 0.1) is 0 Å². The van der Waals surface area contributed by atoms with Crippen molar-refractivity contribution >= 4 is 41.6 Å². The number of halogens is 2. The lowest BCUT2D eigenvalue weighted by Crippen LogP contribution is -2.37. The van der Waals surface area contributed by atoms with E-state index in [0.717, 1.165) is 44.9 Å².